The summed E-state index contributed by atoms with van der Waals surface area (Å²) in [5.41, 5.74) is 0. The maximum Gasteiger partial charge on any atom is 0.239 e. The lowest BCUT2D eigenvalue weighted by Gasteiger charge is -2.25. The Hall–Kier alpha value is -1.30. The summed E-state index contributed by atoms with van der Waals surface area (Å²) in [7, 11) is 1.81. The van der Waals surface area contributed by atoms with Gasteiger partial charge in [-0.05, 0) is 25.7 Å². The van der Waals surface area contributed by atoms with E-state index in [-0.39, 0.29) is 5.91 Å². The zero-order valence-electron chi connectivity index (χ0n) is 14.7. The minimum Gasteiger partial charge on any atom is -0.374 e. The molecular weight excluding hydrogens is 304 g/mol. The molecule has 3 saturated heterocycles. The molecule has 24 heavy (non-hydrogen) atoms. The van der Waals surface area contributed by atoms with E-state index in [1.54, 1.807) is 7.05 Å². The van der Waals surface area contributed by atoms with E-state index in [4.69, 9.17) is 4.74 Å². The number of rotatable bonds is 3. The third-order valence-electron chi connectivity index (χ3n) is 6.34. The summed E-state index contributed by atoms with van der Waals surface area (Å²) in [4.78, 5) is 18.9. The molecule has 4 unspecified atom stereocenters. The number of ether oxygens (including phenoxy) is 1. The van der Waals surface area contributed by atoms with Crippen LogP contribution in [0, 0.1) is 11.8 Å². The predicted molar refractivity (Wildman–Crippen MR) is 92.8 cm³/mol. The Morgan fingerprint density at radius 1 is 1.08 bits per heavy atom. The van der Waals surface area contributed by atoms with Crippen LogP contribution in [0.4, 0.5) is 0 Å². The van der Waals surface area contributed by atoms with Crippen LogP contribution in [0.3, 0.4) is 0 Å². The van der Waals surface area contributed by atoms with Crippen molar-refractivity contribution in [1.29, 1.82) is 0 Å². The average molecular weight is 334 g/mol. The topological polar surface area (TPSA) is 66.0 Å². The normalized spacial score (nSPS) is 36.0. The van der Waals surface area contributed by atoms with Crippen LogP contribution >= 0.6 is 0 Å². The molecular formula is C18H30N4O2. The summed E-state index contributed by atoms with van der Waals surface area (Å²) in [6, 6.07) is 0.369. The first-order valence-electron chi connectivity index (χ1n) is 9.65. The molecule has 2 N–H and O–H groups in total. The van der Waals surface area contributed by atoms with Gasteiger partial charge in [0.2, 0.25) is 5.91 Å². The van der Waals surface area contributed by atoms with Crippen LogP contribution in [0.15, 0.2) is 4.99 Å². The van der Waals surface area contributed by atoms with Crippen LogP contribution in [0.5, 0.6) is 0 Å². The van der Waals surface area contributed by atoms with Crippen molar-refractivity contribution in [2.24, 2.45) is 16.8 Å². The number of fused-ring (bicyclic) bond motifs is 5. The summed E-state index contributed by atoms with van der Waals surface area (Å²) in [5.74, 6) is 2.25. The Bertz CT molecular complexity index is 485. The standard InChI is InChI=1S/C18H30N4O2/c1-19-18(20-9-17(23)21-12-5-3-2-4-6-12)22-10-13-14(11-22)16-8-7-15(13)24-16/h12-16H,2-11H2,1H3,(H,19,20)(H,21,23). The maximum atomic E-state index is 12.2. The number of carbonyl (C=O) groups excluding carboxylic acids is 1. The molecule has 3 aliphatic heterocycles. The van der Waals surface area contributed by atoms with Gasteiger partial charge < -0.3 is 20.3 Å². The highest BCUT2D eigenvalue weighted by Crippen LogP contribution is 2.47. The summed E-state index contributed by atoms with van der Waals surface area (Å²) < 4.78 is 6.03. The average Bonchev–Trinajstić information content (AvgIpc) is 3.29. The molecule has 4 rings (SSSR count). The third kappa shape index (κ3) is 3.13. The summed E-state index contributed by atoms with van der Waals surface area (Å²) in [6.07, 6.45) is 9.38. The van der Waals surface area contributed by atoms with Gasteiger partial charge in [-0.2, -0.15) is 0 Å². The number of aliphatic imine (C=N–C) groups is 1. The van der Waals surface area contributed by atoms with E-state index >= 15 is 0 Å². The highest BCUT2D eigenvalue weighted by Gasteiger charge is 2.53. The molecule has 4 fully saturated rings. The summed E-state index contributed by atoms with van der Waals surface area (Å²) >= 11 is 0. The molecule has 2 bridgehead atoms. The largest absolute Gasteiger partial charge is 0.374 e. The van der Waals surface area contributed by atoms with Gasteiger partial charge in [0.1, 0.15) is 0 Å². The SMILES string of the molecule is CN=C(NCC(=O)NC1CCCCC1)N1CC2C3CCC(O3)C2C1. The van der Waals surface area contributed by atoms with Gasteiger partial charge in [0.15, 0.2) is 5.96 Å². The number of amides is 1. The van der Waals surface area contributed by atoms with Gasteiger partial charge in [0.25, 0.3) is 0 Å². The van der Waals surface area contributed by atoms with Crippen molar-refractivity contribution in [3.05, 3.63) is 0 Å². The first-order chi connectivity index (χ1) is 11.7. The Morgan fingerprint density at radius 3 is 2.38 bits per heavy atom. The lowest BCUT2D eigenvalue weighted by atomic mass is 9.82. The number of guanidine groups is 1. The first kappa shape index (κ1) is 16.2. The molecule has 0 aromatic heterocycles. The van der Waals surface area contributed by atoms with Crippen LogP contribution in [0.25, 0.3) is 0 Å². The number of nitrogens with one attached hydrogen (secondary N) is 2. The first-order valence-corrected chi connectivity index (χ1v) is 9.65. The van der Waals surface area contributed by atoms with Gasteiger partial charge in [-0.25, -0.2) is 0 Å². The maximum absolute atomic E-state index is 12.2. The number of likely N-dealkylation sites (tertiary alicyclic amines) is 1. The van der Waals surface area contributed by atoms with Gasteiger partial charge in [0, 0.05) is 38.0 Å². The van der Waals surface area contributed by atoms with Crippen LogP contribution in [-0.4, -0.2) is 61.7 Å². The lowest BCUT2D eigenvalue weighted by Crippen LogP contribution is -2.47. The van der Waals surface area contributed by atoms with Gasteiger partial charge in [-0.15, -0.1) is 0 Å². The molecule has 4 atom stereocenters. The van der Waals surface area contributed by atoms with E-state index in [1.807, 2.05) is 0 Å². The monoisotopic (exact) mass is 334 g/mol. The molecule has 1 amide bonds. The minimum absolute atomic E-state index is 0.0887. The second-order valence-electron chi connectivity index (χ2n) is 7.83. The predicted octanol–water partition coefficient (Wildman–Crippen LogP) is 1.12. The van der Waals surface area contributed by atoms with E-state index < -0.39 is 0 Å². The second kappa shape index (κ2) is 6.90. The van der Waals surface area contributed by atoms with Crippen LogP contribution in [-0.2, 0) is 9.53 Å². The number of carbonyl (C=O) groups is 1. The molecule has 0 aromatic carbocycles. The van der Waals surface area contributed by atoms with Crippen molar-refractivity contribution in [2.45, 2.75) is 63.2 Å². The highest BCUT2D eigenvalue weighted by atomic mass is 16.5. The van der Waals surface area contributed by atoms with Gasteiger partial charge in [0.05, 0.1) is 18.8 Å². The number of hydrogen-bond donors (Lipinski definition) is 2. The van der Waals surface area contributed by atoms with Crippen LogP contribution in [0.2, 0.25) is 0 Å². The zero-order chi connectivity index (χ0) is 16.5. The fourth-order valence-electron chi connectivity index (χ4n) is 5.15. The van der Waals surface area contributed by atoms with Gasteiger partial charge in [-0.1, -0.05) is 19.3 Å². The molecule has 0 aromatic rings. The van der Waals surface area contributed by atoms with E-state index in [2.05, 4.69) is 20.5 Å². The smallest absolute Gasteiger partial charge is 0.239 e. The van der Waals surface area contributed by atoms with Crippen molar-refractivity contribution >= 4 is 11.9 Å². The van der Waals surface area contributed by atoms with E-state index in [0.29, 0.717) is 36.6 Å². The molecule has 6 heteroatoms. The summed E-state index contributed by atoms with van der Waals surface area (Å²) in [6.45, 7) is 2.34. The van der Waals surface area contributed by atoms with Crippen molar-refractivity contribution < 1.29 is 9.53 Å². The Labute approximate surface area is 144 Å². The zero-order valence-corrected chi connectivity index (χ0v) is 14.7. The van der Waals surface area contributed by atoms with E-state index in [1.165, 1.54) is 32.1 Å². The van der Waals surface area contributed by atoms with Gasteiger partial charge >= 0.3 is 0 Å². The van der Waals surface area contributed by atoms with E-state index in [0.717, 1.165) is 31.9 Å². The van der Waals surface area contributed by atoms with Gasteiger partial charge in [-0.3, -0.25) is 9.79 Å². The molecule has 4 aliphatic rings. The second-order valence-corrected chi connectivity index (χ2v) is 7.83. The Balaban J connectivity index is 1.25. The number of hydrogen-bond acceptors (Lipinski definition) is 3. The molecule has 0 radical (unpaired) electrons. The molecule has 1 saturated carbocycles. The molecule has 3 heterocycles. The fourth-order valence-corrected chi connectivity index (χ4v) is 5.15. The molecule has 6 nitrogen and oxygen atoms in total. The third-order valence-corrected chi connectivity index (χ3v) is 6.34. The van der Waals surface area contributed by atoms with Crippen molar-refractivity contribution in [2.75, 3.05) is 26.7 Å². The number of nitrogens with zero attached hydrogens (tertiary/aromatic N) is 2. The fraction of sp³-hybridized carbons (Fsp3) is 0.889. The summed E-state index contributed by atoms with van der Waals surface area (Å²) in [5, 5.41) is 6.42. The highest BCUT2D eigenvalue weighted by molar-refractivity contribution is 5.86. The van der Waals surface area contributed by atoms with E-state index in [9.17, 15) is 4.79 Å². The molecule has 1 aliphatic carbocycles. The molecule has 134 valence electrons. The van der Waals surface area contributed by atoms with Crippen molar-refractivity contribution in [3.8, 4) is 0 Å². The van der Waals surface area contributed by atoms with Crippen LogP contribution in [0.1, 0.15) is 44.9 Å². The Kier molecular flexibility index (Phi) is 4.66. The quantitative estimate of drug-likeness (QED) is 0.600. The lowest BCUT2D eigenvalue weighted by molar-refractivity contribution is -0.120. The van der Waals surface area contributed by atoms with Crippen molar-refractivity contribution in [1.82, 2.24) is 15.5 Å². The minimum atomic E-state index is 0.0887. The van der Waals surface area contributed by atoms with Crippen molar-refractivity contribution in [3.63, 3.8) is 0 Å². The van der Waals surface area contributed by atoms with Crippen LogP contribution < -0.4 is 10.6 Å². The molecule has 0 spiro atoms. The Morgan fingerprint density at radius 2 is 1.75 bits per heavy atom.